The highest BCUT2D eigenvalue weighted by Gasteiger charge is 2.21. The van der Waals surface area contributed by atoms with E-state index < -0.39 is 0 Å². The lowest BCUT2D eigenvalue weighted by Gasteiger charge is -2.34. The largest absolute Gasteiger partial charge is 0.374 e. The van der Waals surface area contributed by atoms with Crippen LogP contribution >= 0.6 is 0 Å². The minimum atomic E-state index is 0.181. The Morgan fingerprint density at radius 1 is 1.39 bits per heavy atom. The van der Waals surface area contributed by atoms with Gasteiger partial charge >= 0.3 is 0 Å². The van der Waals surface area contributed by atoms with Gasteiger partial charge in [-0.25, -0.2) is 4.98 Å². The first-order chi connectivity index (χ1) is 13.6. The van der Waals surface area contributed by atoms with Crippen molar-refractivity contribution in [1.82, 2.24) is 30.7 Å². The Balaban J connectivity index is 1.47. The van der Waals surface area contributed by atoms with E-state index in [-0.39, 0.29) is 6.10 Å². The van der Waals surface area contributed by atoms with Gasteiger partial charge in [0.1, 0.15) is 6.33 Å². The fraction of sp³-hybridized carbons (Fsp3) is 0.550. The third-order valence-electron chi connectivity index (χ3n) is 4.64. The standard InChI is InChI=1S/C20H31N7O/c1-15(2)12-27-7-8-28-18(13-27)11-23-20(21-3)22-10-16-5-4-6-17(9-16)19-24-14-25-26-19/h4-6,9,14-15,18H,7-8,10-13H2,1-3H3,(H2,21,22,23)(H,24,25,26). The molecule has 2 aromatic rings. The molecule has 0 amide bonds. The van der Waals surface area contributed by atoms with Gasteiger partial charge in [-0.15, -0.1) is 0 Å². The van der Waals surface area contributed by atoms with Gasteiger partial charge in [0.15, 0.2) is 11.8 Å². The molecule has 0 radical (unpaired) electrons. The van der Waals surface area contributed by atoms with Crippen molar-refractivity contribution in [1.29, 1.82) is 0 Å². The Kier molecular flexibility index (Phi) is 7.39. The molecule has 0 bridgehead atoms. The Hall–Kier alpha value is -2.45. The summed E-state index contributed by atoms with van der Waals surface area (Å²) in [5.74, 6) is 2.22. The first-order valence-corrected chi connectivity index (χ1v) is 9.87. The summed E-state index contributed by atoms with van der Waals surface area (Å²) in [6.45, 7) is 9.81. The summed E-state index contributed by atoms with van der Waals surface area (Å²) in [4.78, 5) is 11.0. The van der Waals surface area contributed by atoms with Gasteiger partial charge < -0.3 is 15.4 Å². The second-order valence-electron chi connectivity index (χ2n) is 7.49. The van der Waals surface area contributed by atoms with Gasteiger partial charge in [-0.05, 0) is 17.5 Å². The fourth-order valence-electron chi connectivity index (χ4n) is 3.38. The van der Waals surface area contributed by atoms with Crippen molar-refractivity contribution < 1.29 is 4.74 Å². The Morgan fingerprint density at radius 2 is 2.29 bits per heavy atom. The third kappa shape index (κ3) is 6.03. The Bertz CT molecular complexity index is 745. The number of aliphatic imine (C=N–C) groups is 1. The number of morpholine rings is 1. The highest BCUT2D eigenvalue weighted by atomic mass is 16.5. The monoisotopic (exact) mass is 385 g/mol. The second kappa shape index (κ2) is 10.2. The van der Waals surface area contributed by atoms with Gasteiger partial charge in [0, 0.05) is 45.3 Å². The van der Waals surface area contributed by atoms with E-state index in [0.717, 1.165) is 55.7 Å². The molecule has 3 N–H and O–H groups in total. The number of hydrogen-bond acceptors (Lipinski definition) is 5. The zero-order valence-corrected chi connectivity index (χ0v) is 17.0. The molecule has 152 valence electrons. The predicted octanol–water partition coefficient (Wildman–Crippen LogP) is 1.49. The number of hydrogen-bond donors (Lipinski definition) is 3. The van der Waals surface area contributed by atoms with Gasteiger partial charge in [-0.2, -0.15) is 5.10 Å². The molecule has 1 saturated heterocycles. The van der Waals surface area contributed by atoms with Crippen LogP contribution in [0.1, 0.15) is 19.4 Å². The van der Waals surface area contributed by atoms with Crippen molar-refractivity contribution >= 4 is 5.96 Å². The zero-order valence-electron chi connectivity index (χ0n) is 17.0. The normalized spacial score (nSPS) is 18.4. The second-order valence-corrected chi connectivity index (χ2v) is 7.49. The van der Waals surface area contributed by atoms with E-state index in [1.54, 1.807) is 7.05 Å². The van der Waals surface area contributed by atoms with Crippen LogP contribution in [0.15, 0.2) is 35.6 Å². The lowest BCUT2D eigenvalue weighted by Crippen LogP contribution is -2.50. The topological polar surface area (TPSA) is 90.5 Å². The van der Waals surface area contributed by atoms with E-state index >= 15 is 0 Å². The van der Waals surface area contributed by atoms with Crippen molar-refractivity contribution in [3.8, 4) is 11.4 Å². The van der Waals surface area contributed by atoms with E-state index in [1.165, 1.54) is 6.33 Å². The molecule has 1 aliphatic heterocycles. The van der Waals surface area contributed by atoms with Crippen LogP contribution in [0.2, 0.25) is 0 Å². The van der Waals surface area contributed by atoms with Crippen molar-refractivity contribution in [3.63, 3.8) is 0 Å². The van der Waals surface area contributed by atoms with E-state index in [1.807, 2.05) is 12.1 Å². The number of ether oxygens (including phenoxy) is 1. The van der Waals surface area contributed by atoms with Crippen LogP contribution < -0.4 is 10.6 Å². The molecular formula is C20H31N7O. The molecule has 1 fully saturated rings. The maximum Gasteiger partial charge on any atom is 0.191 e. The van der Waals surface area contributed by atoms with Crippen molar-refractivity contribution in [2.45, 2.75) is 26.5 Å². The third-order valence-corrected chi connectivity index (χ3v) is 4.64. The average Bonchev–Trinajstić information content (AvgIpc) is 3.23. The van der Waals surface area contributed by atoms with E-state index in [4.69, 9.17) is 4.74 Å². The number of guanidine groups is 1. The maximum absolute atomic E-state index is 5.90. The predicted molar refractivity (Wildman–Crippen MR) is 111 cm³/mol. The summed E-state index contributed by atoms with van der Waals surface area (Å²) in [6.07, 6.45) is 1.70. The summed E-state index contributed by atoms with van der Waals surface area (Å²) in [7, 11) is 1.78. The van der Waals surface area contributed by atoms with E-state index in [0.29, 0.717) is 12.5 Å². The highest BCUT2D eigenvalue weighted by Crippen LogP contribution is 2.15. The molecule has 3 rings (SSSR count). The van der Waals surface area contributed by atoms with Crippen LogP contribution in [-0.4, -0.2) is 72.0 Å². The molecule has 1 unspecified atom stereocenters. The lowest BCUT2D eigenvalue weighted by molar-refractivity contribution is -0.0284. The first kappa shape index (κ1) is 20.3. The lowest BCUT2D eigenvalue weighted by atomic mass is 10.1. The molecule has 28 heavy (non-hydrogen) atoms. The molecule has 0 saturated carbocycles. The number of aromatic amines is 1. The number of aromatic nitrogens is 3. The molecule has 8 nitrogen and oxygen atoms in total. The molecule has 1 aromatic heterocycles. The van der Waals surface area contributed by atoms with Crippen LogP contribution in [0, 0.1) is 5.92 Å². The number of benzene rings is 1. The van der Waals surface area contributed by atoms with Crippen molar-refractivity contribution in [2.24, 2.45) is 10.9 Å². The summed E-state index contributed by atoms with van der Waals surface area (Å²) >= 11 is 0. The van der Waals surface area contributed by atoms with E-state index in [9.17, 15) is 0 Å². The van der Waals surface area contributed by atoms with Crippen LogP contribution in [0.5, 0.6) is 0 Å². The van der Waals surface area contributed by atoms with Gasteiger partial charge in [0.25, 0.3) is 0 Å². The molecule has 1 atom stereocenters. The summed E-state index contributed by atoms with van der Waals surface area (Å²) in [5, 5.41) is 13.6. The van der Waals surface area contributed by atoms with Crippen molar-refractivity contribution in [2.75, 3.05) is 39.8 Å². The van der Waals surface area contributed by atoms with E-state index in [2.05, 4.69) is 61.7 Å². The summed E-state index contributed by atoms with van der Waals surface area (Å²) in [6, 6.07) is 8.20. The number of nitrogens with one attached hydrogen (secondary N) is 3. The van der Waals surface area contributed by atoms with Gasteiger partial charge in [0.05, 0.1) is 12.7 Å². The van der Waals surface area contributed by atoms with Crippen LogP contribution in [0.25, 0.3) is 11.4 Å². The maximum atomic E-state index is 5.90. The van der Waals surface area contributed by atoms with Gasteiger partial charge in [-0.3, -0.25) is 15.0 Å². The summed E-state index contributed by atoms with van der Waals surface area (Å²) in [5.41, 5.74) is 2.16. The van der Waals surface area contributed by atoms with Gasteiger partial charge in [0.2, 0.25) is 0 Å². The van der Waals surface area contributed by atoms with Crippen molar-refractivity contribution in [3.05, 3.63) is 36.2 Å². The molecule has 0 aliphatic carbocycles. The van der Waals surface area contributed by atoms with Gasteiger partial charge in [-0.1, -0.05) is 32.0 Å². The quantitative estimate of drug-likeness (QED) is 0.494. The minimum Gasteiger partial charge on any atom is -0.374 e. The molecule has 2 heterocycles. The number of rotatable bonds is 7. The molecule has 1 aliphatic rings. The fourth-order valence-corrected chi connectivity index (χ4v) is 3.38. The molecule has 8 heteroatoms. The Morgan fingerprint density at radius 3 is 3.04 bits per heavy atom. The number of H-pyrrole nitrogens is 1. The van der Waals surface area contributed by atoms with Crippen LogP contribution in [0.3, 0.4) is 0 Å². The SMILES string of the molecule is CN=C(NCc1cccc(-c2ncn[nH]2)c1)NCC1CN(CC(C)C)CCO1. The molecular weight excluding hydrogens is 354 g/mol. The first-order valence-electron chi connectivity index (χ1n) is 9.87. The number of nitrogens with zero attached hydrogens (tertiary/aromatic N) is 4. The Labute approximate surface area is 166 Å². The smallest absolute Gasteiger partial charge is 0.191 e. The minimum absolute atomic E-state index is 0.181. The van der Waals surface area contributed by atoms with Crippen LogP contribution in [0.4, 0.5) is 0 Å². The summed E-state index contributed by atoms with van der Waals surface area (Å²) < 4.78 is 5.90. The highest BCUT2D eigenvalue weighted by molar-refractivity contribution is 5.79. The average molecular weight is 386 g/mol. The molecule has 0 spiro atoms. The molecule has 1 aromatic carbocycles. The van der Waals surface area contributed by atoms with Crippen LogP contribution in [-0.2, 0) is 11.3 Å². The zero-order chi connectivity index (χ0) is 19.8.